The number of nitrogens with one attached hydrogen (secondary N) is 2. The maximum atomic E-state index is 4.79. The van der Waals surface area contributed by atoms with E-state index >= 15 is 0 Å². The Morgan fingerprint density at radius 2 is 2.00 bits per heavy atom. The van der Waals surface area contributed by atoms with E-state index in [1.807, 2.05) is 18.2 Å². The van der Waals surface area contributed by atoms with Gasteiger partial charge in [0.15, 0.2) is 5.82 Å². The Morgan fingerprint density at radius 1 is 1.10 bits per heavy atom. The van der Waals surface area contributed by atoms with E-state index in [1.54, 1.807) is 0 Å². The molecular weight excluding hydrogens is 262 g/mol. The van der Waals surface area contributed by atoms with Crippen LogP contribution in [0.25, 0.3) is 11.4 Å². The molecule has 0 amide bonds. The van der Waals surface area contributed by atoms with E-state index in [2.05, 4.69) is 32.4 Å². The first-order valence-electron chi connectivity index (χ1n) is 7.88. The van der Waals surface area contributed by atoms with Crippen molar-refractivity contribution in [2.45, 2.75) is 25.3 Å². The Bertz CT molecular complexity index is 600. The normalized spacial score (nSPS) is 25.1. The van der Waals surface area contributed by atoms with E-state index in [0.29, 0.717) is 12.0 Å². The minimum absolute atomic E-state index is 0.471. The van der Waals surface area contributed by atoms with Gasteiger partial charge in [-0.15, -0.1) is 5.10 Å². The number of hydrogen-bond acceptors (Lipinski definition) is 4. The third-order valence-corrected chi connectivity index (χ3v) is 4.58. The maximum absolute atomic E-state index is 4.79. The third kappa shape index (κ3) is 2.42. The van der Waals surface area contributed by atoms with Gasteiger partial charge in [0.05, 0.1) is 6.04 Å². The first-order chi connectivity index (χ1) is 10.4. The van der Waals surface area contributed by atoms with Crippen molar-refractivity contribution in [3.05, 3.63) is 30.3 Å². The summed E-state index contributed by atoms with van der Waals surface area (Å²) >= 11 is 0. The zero-order valence-electron chi connectivity index (χ0n) is 12.1. The van der Waals surface area contributed by atoms with Crippen LogP contribution in [0.15, 0.2) is 30.3 Å². The van der Waals surface area contributed by atoms with Crippen LogP contribution < -0.4 is 10.6 Å². The molecule has 1 saturated heterocycles. The number of nitrogens with zero attached hydrogens (tertiary/aromatic N) is 3. The highest BCUT2D eigenvalue weighted by molar-refractivity contribution is 5.56. The lowest BCUT2D eigenvalue weighted by molar-refractivity contribution is 0.235. The summed E-state index contributed by atoms with van der Waals surface area (Å²) < 4.78 is 2.13. The predicted molar refractivity (Wildman–Crippen MR) is 83.2 cm³/mol. The molecule has 1 aromatic carbocycles. The zero-order valence-corrected chi connectivity index (χ0v) is 12.1. The molecule has 2 aliphatic rings. The molecule has 0 spiro atoms. The number of hydrogen-bond donors (Lipinski definition) is 2. The van der Waals surface area contributed by atoms with Gasteiger partial charge in [0.2, 0.25) is 5.95 Å². The highest BCUT2D eigenvalue weighted by Crippen LogP contribution is 2.33. The number of rotatable bonds is 2. The highest BCUT2D eigenvalue weighted by atomic mass is 15.4. The van der Waals surface area contributed by atoms with Crippen molar-refractivity contribution in [1.82, 2.24) is 20.1 Å². The zero-order chi connectivity index (χ0) is 14.1. The number of aromatic nitrogens is 3. The Labute approximate surface area is 124 Å². The largest absolute Gasteiger partial charge is 0.354 e. The van der Waals surface area contributed by atoms with E-state index in [0.717, 1.165) is 43.4 Å². The van der Waals surface area contributed by atoms with Gasteiger partial charge in [-0.25, -0.2) is 4.68 Å². The second-order valence-corrected chi connectivity index (χ2v) is 5.96. The average molecular weight is 283 g/mol. The van der Waals surface area contributed by atoms with Crippen LogP contribution in [0.4, 0.5) is 5.95 Å². The Balaban J connectivity index is 1.66. The molecule has 2 atom stereocenters. The fourth-order valence-electron chi connectivity index (χ4n) is 3.48. The first-order valence-corrected chi connectivity index (χ1v) is 7.88. The fraction of sp³-hybridized carbons (Fsp3) is 0.500. The molecule has 2 N–H and O–H groups in total. The number of fused-ring (bicyclic) bond motifs is 1. The van der Waals surface area contributed by atoms with Crippen molar-refractivity contribution >= 4 is 5.95 Å². The average Bonchev–Trinajstić information content (AvgIpc) is 3.00. The molecule has 4 rings (SSSR count). The molecule has 0 radical (unpaired) electrons. The maximum Gasteiger partial charge on any atom is 0.221 e. The number of piperidine rings is 1. The minimum atomic E-state index is 0.471. The summed E-state index contributed by atoms with van der Waals surface area (Å²) in [6.07, 6.45) is 3.69. The van der Waals surface area contributed by atoms with Crippen LogP contribution in [0.5, 0.6) is 0 Å². The molecule has 5 heteroatoms. The van der Waals surface area contributed by atoms with Gasteiger partial charge in [0, 0.05) is 12.1 Å². The van der Waals surface area contributed by atoms with Crippen LogP contribution in [0.3, 0.4) is 0 Å². The minimum Gasteiger partial charge on any atom is -0.354 e. The molecule has 2 unspecified atom stereocenters. The quantitative estimate of drug-likeness (QED) is 0.888. The lowest BCUT2D eigenvalue weighted by atomic mass is 9.89. The van der Waals surface area contributed by atoms with Gasteiger partial charge >= 0.3 is 0 Å². The molecule has 2 aromatic rings. The van der Waals surface area contributed by atoms with Crippen LogP contribution in [0, 0.1) is 5.92 Å². The van der Waals surface area contributed by atoms with Gasteiger partial charge in [0.1, 0.15) is 0 Å². The third-order valence-electron chi connectivity index (χ3n) is 4.58. The van der Waals surface area contributed by atoms with E-state index in [1.165, 1.54) is 12.8 Å². The molecule has 110 valence electrons. The summed E-state index contributed by atoms with van der Waals surface area (Å²) in [7, 11) is 0. The molecule has 0 aliphatic carbocycles. The standard InChI is InChI=1S/C16H21N5/c1-2-5-12(6-3-1)15-19-16-18-10-8-14(21(16)20-15)13-7-4-9-17-11-13/h1-3,5-6,13-14,17H,4,7-11H2,(H,18,19,20). The van der Waals surface area contributed by atoms with Crippen LogP contribution in [-0.4, -0.2) is 34.4 Å². The summed E-state index contributed by atoms with van der Waals surface area (Å²) in [5, 5.41) is 11.7. The second-order valence-electron chi connectivity index (χ2n) is 5.96. The van der Waals surface area contributed by atoms with Crippen molar-refractivity contribution in [2.75, 3.05) is 25.0 Å². The van der Waals surface area contributed by atoms with Crippen LogP contribution in [-0.2, 0) is 0 Å². The van der Waals surface area contributed by atoms with Crippen molar-refractivity contribution in [1.29, 1.82) is 0 Å². The van der Waals surface area contributed by atoms with Crippen LogP contribution >= 0.6 is 0 Å². The van der Waals surface area contributed by atoms with Crippen molar-refractivity contribution in [2.24, 2.45) is 5.92 Å². The van der Waals surface area contributed by atoms with Gasteiger partial charge in [-0.1, -0.05) is 30.3 Å². The SMILES string of the molecule is c1ccc(-c2nc3n(n2)C(C2CCCNC2)CCN3)cc1. The molecule has 0 bridgehead atoms. The lowest BCUT2D eigenvalue weighted by Gasteiger charge is -2.34. The number of anilines is 1. The Hall–Kier alpha value is -1.88. The first kappa shape index (κ1) is 12.8. The van der Waals surface area contributed by atoms with E-state index < -0.39 is 0 Å². The molecule has 0 saturated carbocycles. The summed E-state index contributed by atoms with van der Waals surface area (Å²) in [5.41, 5.74) is 1.08. The Morgan fingerprint density at radius 3 is 2.81 bits per heavy atom. The van der Waals surface area contributed by atoms with Gasteiger partial charge in [0.25, 0.3) is 0 Å². The van der Waals surface area contributed by atoms with Crippen molar-refractivity contribution in [3.8, 4) is 11.4 Å². The summed E-state index contributed by atoms with van der Waals surface area (Å²) in [6, 6.07) is 10.7. The van der Waals surface area contributed by atoms with E-state index in [4.69, 9.17) is 5.10 Å². The monoisotopic (exact) mass is 283 g/mol. The molecular formula is C16H21N5. The summed E-state index contributed by atoms with van der Waals surface area (Å²) in [5.74, 6) is 2.43. The lowest BCUT2D eigenvalue weighted by Crippen LogP contribution is -2.38. The number of benzene rings is 1. The topological polar surface area (TPSA) is 54.8 Å². The smallest absolute Gasteiger partial charge is 0.221 e. The van der Waals surface area contributed by atoms with Crippen LogP contribution in [0.1, 0.15) is 25.3 Å². The van der Waals surface area contributed by atoms with Gasteiger partial charge in [-0.3, -0.25) is 0 Å². The van der Waals surface area contributed by atoms with Crippen molar-refractivity contribution < 1.29 is 0 Å². The van der Waals surface area contributed by atoms with Gasteiger partial charge in [-0.2, -0.15) is 4.98 Å². The van der Waals surface area contributed by atoms with Gasteiger partial charge < -0.3 is 10.6 Å². The molecule has 1 fully saturated rings. The predicted octanol–water partition coefficient (Wildman–Crippen LogP) is 2.30. The Kier molecular flexibility index (Phi) is 3.35. The molecule has 3 heterocycles. The van der Waals surface area contributed by atoms with E-state index in [9.17, 15) is 0 Å². The molecule has 2 aliphatic heterocycles. The molecule has 1 aromatic heterocycles. The van der Waals surface area contributed by atoms with Crippen molar-refractivity contribution in [3.63, 3.8) is 0 Å². The molecule has 21 heavy (non-hydrogen) atoms. The van der Waals surface area contributed by atoms with Gasteiger partial charge in [-0.05, 0) is 38.3 Å². The summed E-state index contributed by atoms with van der Waals surface area (Å²) in [6.45, 7) is 3.25. The molecule has 5 nitrogen and oxygen atoms in total. The second kappa shape index (κ2) is 5.48. The van der Waals surface area contributed by atoms with Crippen LogP contribution in [0.2, 0.25) is 0 Å². The fourth-order valence-corrected chi connectivity index (χ4v) is 3.48. The summed E-state index contributed by atoms with van der Waals surface area (Å²) in [4.78, 5) is 4.69. The van der Waals surface area contributed by atoms with E-state index in [-0.39, 0.29) is 0 Å². The highest BCUT2D eigenvalue weighted by Gasteiger charge is 2.30.